The van der Waals surface area contributed by atoms with Gasteiger partial charge < -0.3 is 70.4 Å². The third kappa shape index (κ3) is 18.7. The first-order valence-electron chi connectivity index (χ1n) is 42.1. The van der Waals surface area contributed by atoms with Crippen LogP contribution in [-0.4, -0.2) is 141 Å². The number of hydrogen-bond donors (Lipinski definition) is 0. The maximum absolute atomic E-state index is 6.71. The van der Waals surface area contributed by atoms with Crippen LogP contribution in [-0.2, 0) is 83.3 Å². The first-order chi connectivity index (χ1) is 55.2. The Hall–Kier alpha value is -7.10. The van der Waals surface area contributed by atoms with E-state index in [9.17, 15) is 0 Å². The monoisotopic (exact) mass is 1540 g/mol. The van der Waals surface area contributed by atoms with Crippen molar-refractivity contribution in [3.8, 4) is 11.4 Å². The van der Waals surface area contributed by atoms with Crippen LogP contribution in [0.2, 0.25) is 0 Å². The van der Waals surface area contributed by atoms with E-state index < -0.39 is 0 Å². The molecule has 4 aromatic heterocycles. The Labute approximate surface area is 665 Å². The van der Waals surface area contributed by atoms with Crippen molar-refractivity contribution in [1.82, 2.24) is 9.13 Å². The van der Waals surface area contributed by atoms with Crippen LogP contribution in [0.3, 0.4) is 0 Å². The minimum Gasteiger partial charge on any atom is -0.455 e. The normalized spacial score (nSPS) is 16.2. The molecule has 0 spiro atoms. The lowest BCUT2D eigenvalue weighted by molar-refractivity contribution is -0.150. The molecular weight excluding hydrogens is 1420 g/mol. The second-order valence-electron chi connectivity index (χ2n) is 32.6. The summed E-state index contributed by atoms with van der Waals surface area (Å²) in [5, 5.41) is 9.69. The maximum Gasteiger partial charge on any atom is 0.145 e. The van der Waals surface area contributed by atoms with Gasteiger partial charge in [-0.2, -0.15) is 0 Å². The zero-order valence-electron chi connectivity index (χ0n) is 66.9. The molecule has 112 heavy (non-hydrogen) atoms. The summed E-state index contributed by atoms with van der Waals surface area (Å²) >= 11 is 1.87. The number of hydrogen-bond acceptors (Lipinski definition) is 14. The second kappa shape index (κ2) is 38.6. The van der Waals surface area contributed by atoms with Gasteiger partial charge in [0.05, 0.1) is 133 Å². The minimum atomic E-state index is 0.257. The Morgan fingerprint density at radius 2 is 0.679 bits per heavy atom. The fraction of sp³-hybridized carbons (Fsp3) is 0.500. The molecule has 15 nitrogen and oxygen atoms in total. The van der Waals surface area contributed by atoms with Crippen LogP contribution in [0.5, 0.6) is 0 Å². The van der Waals surface area contributed by atoms with E-state index in [2.05, 4.69) is 195 Å². The van der Waals surface area contributed by atoms with Crippen molar-refractivity contribution in [2.24, 2.45) is 21.7 Å². The van der Waals surface area contributed by atoms with Crippen LogP contribution < -0.4 is 0 Å². The van der Waals surface area contributed by atoms with Gasteiger partial charge in [-0.3, -0.25) is 0 Å². The zero-order valence-corrected chi connectivity index (χ0v) is 67.7. The average molecular weight is 1540 g/mol. The summed E-state index contributed by atoms with van der Waals surface area (Å²) < 4.78 is 84.5. The van der Waals surface area contributed by atoms with Crippen LogP contribution in [0.25, 0.3) is 97.1 Å². The van der Waals surface area contributed by atoms with E-state index in [0.717, 1.165) is 290 Å². The molecule has 0 unspecified atom stereocenters. The summed E-state index contributed by atoms with van der Waals surface area (Å²) in [5.41, 5.74) is 14.7. The van der Waals surface area contributed by atoms with Crippen molar-refractivity contribution >= 4 is 97.1 Å². The maximum atomic E-state index is 6.71. The molecule has 0 N–H and O–H groups in total. The number of thiophene rings is 1. The average Bonchev–Trinajstić information content (AvgIpc) is 1.56. The van der Waals surface area contributed by atoms with Gasteiger partial charge in [0.15, 0.2) is 0 Å². The zero-order chi connectivity index (χ0) is 76.4. The van der Waals surface area contributed by atoms with E-state index in [1.54, 1.807) is 0 Å². The number of unbranched alkanes of at least 4 members (excludes halogenated alkanes) is 8. The fourth-order valence-corrected chi connectivity index (χ4v) is 17.4. The molecule has 4 aliphatic heterocycles. The van der Waals surface area contributed by atoms with Crippen LogP contribution >= 0.6 is 11.3 Å². The van der Waals surface area contributed by atoms with Crippen LogP contribution in [0, 0.1) is 21.7 Å². The summed E-state index contributed by atoms with van der Waals surface area (Å²) in [4.78, 5) is 0. The Morgan fingerprint density at radius 3 is 1.12 bits per heavy atom. The number of aromatic nitrogens is 2. The predicted molar refractivity (Wildman–Crippen MR) is 453 cm³/mol. The van der Waals surface area contributed by atoms with E-state index in [1.165, 1.54) is 64.2 Å². The largest absolute Gasteiger partial charge is 0.455 e. The highest BCUT2D eigenvalue weighted by Crippen LogP contribution is 2.46. The van der Waals surface area contributed by atoms with Gasteiger partial charge in [0, 0.05) is 133 Å². The van der Waals surface area contributed by atoms with Crippen LogP contribution in [0.4, 0.5) is 0 Å². The van der Waals surface area contributed by atoms with E-state index in [0.29, 0.717) is 26.4 Å². The number of rotatable bonds is 46. The first-order valence-corrected chi connectivity index (χ1v) is 42.9. The van der Waals surface area contributed by atoms with E-state index in [4.69, 9.17) is 61.3 Å². The Balaban J connectivity index is 0.000000177. The standard InChI is InChI=1S/C48H59NO7.C48H59NO6S/c1-3-47(32-54-33-47)30-52-24-12-6-10-22-50-28-36-16-19-42-41(27-36)45-43(49(42)38-14-8-5-9-15-38)20-18-39-40-26-37(17-21-44(40)56-46(39)45)29-51-23-11-7-13-25-53-31-48(4-2)34-55-35-48;1-3-47(32-54-33-47)30-52-24-12-6-10-22-50-28-36-16-19-42-40(26-36)39-18-21-44-45(46(39)49(42)38-14-8-5-9-15-38)41-27-37(17-20-43(41)56-44)29-51-23-11-7-13-25-53-31-48(4-2)34-55-35-48/h2*5,8-9,14-21,26-27H,3-4,6-7,10-13,22-25,28-35H2,1-2H3. The third-order valence-corrected chi connectivity index (χ3v) is 25.4. The number of ether oxygens (including phenoxy) is 12. The number of furan rings is 1. The SMILES string of the molecule is CCC1(COCCCCCOCc2ccc3oc4c(ccc5c4c4cc(COCCCCCOCC6(CC)COC6)ccc4n5-c4ccccc4)c3c2)COC1.CCC1(COCCCCCOCc2ccc3sc4ccc5c6cc(COCCCCCOCC7(CC)COC7)ccc6n(-c6ccccc6)c5c4c3c2)COC1. The first kappa shape index (κ1) is 80.1. The Kier molecular flexibility index (Phi) is 27.6. The molecule has 4 fully saturated rings. The van der Waals surface area contributed by atoms with Gasteiger partial charge in [0.1, 0.15) is 11.2 Å². The summed E-state index contributed by atoms with van der Waals surface area (Å²) in [6.45, 7) is 27.6. The molecule has 0 bridgehead atoms. The molecule has 0 saturated carbocycles. The van der Waals surface area contributed by atoms with Crippen molar-refractivity contribution in [3.63, 3.8) is 0 Å². The summed E-state index contributed by atoms with van der Waals surface area (Å²) in [7, 11) is 0. The van der Waals surface area contributed by atoms with Gasteiger partial charge in [-0.1, -0.05) is 94.4 Å². The van der Waals surface area contributed by atoms with Crippen molar-refractivity contribution in [2.45, 2.75) is 157 Å². The predicted octanol–water partition coefficient (Wildman–Crippen LogP) is 22.4. The number of benzene rings is 8. The molecule has 4 aliphatic rings. The summed E-state index contributed by atoms with van der Waals surface area (Å²) in [5.74, 6) is 0. The highest BCUT2D eigenvalue weighted by molar-refractivity contribution is 7.26. The lowest BCUT2D eigenvalue weighted by atomic mass is 9.84. The van der Waals surface area contributed by atoms with Crippen LogP contribution in [0.15, 0.2) is 162 Å². The quantitative estimate of drug-likeness (QED) is 0.0335. The van der Waals surface area contributed by atoms with Gasteiger partial charge >= 0.3 is 0 Å². The van der Waals surface area contributed by atoms with Gasteiger partial charge in [0.25, 0.3) is 0 Å². The Bertz CT molecular complexity index is 4960. The number of nitrogens with zero attached hydrogens (tertiary/aromatic N) is 2. The molecule has 8 heterocycles. The minimum absolute atomic E-state index is 0.257. The molecular formula is C96H118N2O13S. The van der Waals surface area contributed by atoms with Gasteiger partial charge in [-0.05, 0) is 216 Å². The van der Waals surface area contributed by atoms with Crippen molar-refractivity contribution in [2.75, 3.05) is 132 Å². The molecule has 16 rings (SSSR count). The van der Waals surface area contributed by atoms with Gasteiger partial charge in [0.2, 0.25) is 0 Å². The van der Waals surface area contributed by atoms with E-state index in [1.807, 2.05) is 11.3 Å². The van der Waals surface area contributed by atoms with Crippen LogP contribution in [0.1, 0.15) is 153 Å². The van der Waals surface area contributed by atoms with E-state index >= 15 is 0 Å². The fourth-order valence-electron chi connectivity index (χ4n) is 16.3. The molecule has 0 atom stereocenters. The van der Waals surface area contributed by atoms with Crippen molar-refractivity contribution in [1.29, 1.82) is 0 Å². The molecule has 12 aromatic rings. The molecule has 596 valence electrons. The lowest BCUT2D eigenvalue weighted by Gasteiger charge is -2.40. The molecule has 0 aliphatic carbocycles. The highest BCUT2D eigenvalue weighted by atomic mass is 32.1. The topological polar surface area (TPSA) is 134 Å². The van der Waals surface area contributed by atoms with Gasteiger partial charge in [-0.25, -0.2) is 0 Å². The molecule has 16 heteroatoms. The second-order valence-corrected chi connectivity index (χ2v) is 33.7. The molecule has 0 amide bonds. The summed E-state index contributed by atoms with van der Waals surface area (Å²) in [6, 6.07) is 57.4. The van der Waals surface area contributed by atoms with E-state index in [-0.39, 0.29) is 21.7 Å². The molecule has 4 saturated heterocycles. The smallest absolute Gasteiger partial charge is 0.145 e. The lowest BCUT2D eigenvalue weighted by Crippen LogP contribution is -2.45. The van der Waals surface area contributed by atoms with Crippen molar-refractivity contribution in [3.05, 3.63) is 180 Å². The van der Waals surface area contributed by atoms with Gasteiger partial charge in [-0.15, -0.1) is 11.3 Å². The molecule has 8 aromatic carbocycles. The Morgan fingerprint density at radius 1 is 0.312 bits per heavy atom. The third-order valence-electron chi connectivity index (χ3n) is 24.3. The number of para-hydroxylation sites is 2. The van der Waals surface area contributed by atoms with Crippen molar-refractivity contribution < 1.29 is 61.3 Å². The number of fused-ring (bicyclic) bond motifs is 14. The highest BCUT2D eigenvalue weighted by Gasteiger charge is 2.40. The molecule has 0 radical (unpaired) electrons. The summed E-state index contributed by atoms with van der Waals surface area (Å²) in [6.07, 6.45) is 17.4.